The molecule has 5 heteroatoms. The van der Waals surface area contributed by atoms with Crippen LogP contribution in [0.15, 0.2) is 18.2 Å². The van der Waals surface area contributed by atoms with Crippen molar-refractivity contribution in [2.45, 2.75) is 13.0 Å². The number of anilines is 2. The van der Waals surface area contributed by atoms with Crippen LogP contribution in [-0.2, 0) is 4.79 Å². The largest absolute Gasteiger partial charge is 0.397 e. The summed E-state index contributed by atoms with van der Waals surface area (Å²) in [4.78, 5) is 13.3. The molecule has 1 atom stereocenters. The highest BCUT2D eigenvalue weighted by Gasteiger charge is 2.26. The lowest BCUT2D eigenvalue weighted by Crippen LogP contribution is -2.54. The lowest BCUT2D eigenvalue weighted by atomic mass is 10.1. The van der Waals surface area contributed by atoms with Gasteiger partial charge in [0.25, 0.3) is 0 Å². The van der Waals surface area contributed by atoms with Crippen molar-refractivity contribution in [3.63, 3.8) is 0 Å². The number of hydrogen-bond donors (Lipinski definition) is 2. The molecule has 0 aliphatic carbocycles. The zero-order valence-electron chi connectivity index (χ0n) is 9.03. The van der Waals surface area contributed by atoms with Crippen LogP contribution in [-0.4, -0.2) is 25.0 Å². The second kappa shape index (κ2) is 4.00. The summed E-state index contributed by atoms with van der Waals surface area (Å²) in [6, 6.07) is 3.87. The molecule has 0 spiro atoms. The van der Waals surface area contributed by atoms with E-state index in [1.165, 1.54) is 18.2 Å². The SMILES string of the molecule is CC1C(=O)NCCN1c1cc(F)ccc1N. The molecule has 1 unspecified atom stereocenters. The van der Waals surface area contributed by atoms with Gasteiger partial charge in [0.05, 0.1) is 11.4 Å². The Balaban J connectivity index is 2.35. The van der Waals surface area contributed by atoms with Gasteiger partial charge in [-0.25, -0.2) is 4.39 Å². The Bertz CT molecular complexity index is 422. The van der Waals surface area contributed by atoms with E-state index in [2.05, 4.69) is 5.32 Å². The van der Waals surface area contributed by atoms with Crippen LogP contribution in [0.25, 0.3) is 0 Å². The predicted molar refractivity (Wildman–Crippen MR) is 60.6 cm³/mol. The fraction of sp³-hybridized carbons (Fsp3) is 0.364. The first-order valence-corrected chi connectivity index (χ1v) is 5.19. The summed E-state index contributed by atoms with van der Waals surface area (Å²) in [6.07, 6.45) is 0. The first-order chi connectivity index (χ1) is 7.59. The quantitative estimate of drug-likeness (QED) is 0.690. The maximum absolute atomic E-state index is 13.1. The van der Waals surface area contributed by atoms with Gasteiger partial charge >= 0.3 is 0 Å². The van der Waals surface area contributed by atoms with Gasteiger partial charge in [-0.1, -0.05) is 0 Å². The number of carbonyl (C=O) groups is 1. The van der Waals surface area contributed by atoms with Crippen LogP contribution in [0.2, 0.25) is 0 Å². The molecule has 1 aromatic rings. The third-order valence-electron chi connectivity index (χ3n) is 2.80. The molecule has 3 N–H and O–H groups in total. The summed E-state index contributed by atoms with van der Waals surface area (Å²) < 4.78 is 13.1. The van der Waals surface area contributed by atoms with Gasteiger partial charge in [-0.15, -0.1) is 0 Å². The van der Waals surface area contributed by atoms with Crippen LogP contribution in [0, 0.1) is 5.82 Å². The number of benzene rings is 1. The molecule has 0 aromatic heterocycles. The summed E-state index contributed by atoms with van der Waals surface area (Å²) in [5.41, 5.74) is 6.86. The molecule has 1 aliphatic heterocycles. The minimum Gasteiger partial charge on any atom is -0.397 e. The van der Waals surface area contributed by atoms with E-state index in [1.807, 2.05) is 4.90 Å². The van der Waals surface area contributed by atoms with Crippen LogP contribution < -0.4 is 16.0 Å². The Morgan fingerprint density at radius 1 is 1.56 bits per heavy atom. The minimum absolute atomic E-state index is 0.0603. The maximum atomic E-state index is 13.1. The Morgan fingerprint density at radius 3 is 3.06 bits per heavy atom. The third-order valence-corrected chi connectivity index (χ3v) is 2.80. The third kappa shape index (κ3) is 1.80. The second-order valence-corrected chi connectivity index (χ2v) is 3.86. The molecule has 1 aliphatic rings. The van der Waals surface area contributed by atoms with E-state index in [0.717, 1.165) is 0 Å². The summed E-state index contributed by atoms with van der Waals surface area (Å²) >= 11 is 0. The molecule has 2 rings (SSSR count). The zero-order valence-corrected chi connectivity index (χ0v) is 9.03. The average molecular weight is 223 g/mol. The van der Waals surface area contributed by atoms with Gasteiger partial charge in [0.15, 0.2) is 0 Å². The Kier molecular flexibility index (Phi) is 2.68. The van der Waals surface area contributed by atoms with Crippen molar-refractivity contribution in [3.8, 4) is 0 Å². The lowest BCUT2D eigenvalue weighted by molar-refractivity contribution is -0.122. The molecule has 0 radical (unpaired) electrons. The fourth-order valence-electron chi connectivity index (χ4n) is 1.88. The van der Waals surface area contributed by atoms with E-state index in [-0.39, 0.29) is 17.8 Å². The highest BCUT2D eigenvalue weighted by Crippen LogP contribution is 2.26. The Labute approximate surface area is 93.2 Å². The molecule has 86 valence electrons. The Hall–Kier alpha value is -1.78. The molecule has 1 amide bonds. The van der Waals surface area contributed by atoms with Gasteiger partial charge in [0.2, 0.25) is 5.91 Å². The zero-order chi connectivity index (χ0) is 11.7. The van der Waals surface area contributed by atoms with Crippen LogP contribution in [0.3, 0.4) is 0 Å². The maximum Gasteiger partial charge on any atom is 0.242 e. The van der Waals surface area contributed by atoms with E-state index in [9.17, 15) is 9.18 Å². The van der Waals surface area contributed by atoms with E-state index in [4.69, 9.17) is 5.73 Å². The van der Waals surface area contributed by atoms with Crippen molar-refractivity contribution >= 4 is 17.3 Å². The summed E-state index contributed by atoms with van der Waals surface area (Å²) in [5.74, 6) is -0.405. The molecule has 0 bridgehead atoms. The Morgan fingerprint density at radius 2 is 2.31 bits per heavy atom. The molecule has 1 aromatic carbocycles. The van der Waals surface area contributed by atoms with Crippen molar-refractivity contribution < 1.29 is 9.18 Å². The van der Waals surface area contributed by atoms with Crippen molar-refractivity contribution in [1.29, 1.82) is 0 Å². The van der Waals surface area contributed by atoms with Crippen molar-refractivity contribution in [1.82, 2.24) is 5.32 Å². The van der Waals surface area contributed by atoms with Crippen LogP contribution in [0.1, 0.15) is 6.92 Å². The summed E-state index contributed by atoms with van der Waals surface area (Å²) in [7, 11) is 0. The summed E-state index contributed by atoms with van der Waals surface area (Å²) in [6.45, 7) is 2.97. The molecular weight excluding hydrogens is 209 g/mol. The summed E-state index contributed by atoms with van der Waals surface area (Å²) in [5, 5.41) is 2.75. The van der Waals surface area contributed by atoms with Crippen LogP contribution in [0.5, 0.6) is 0 Å². The van der Waals surface area contributed by atoms with Crippen molar-refractivity contribution in [2.75, 3.05) is 23.7 Å². The van der Waals surface area contributed by atoms with Gasteiger partial charge in [-0.2, -0.15) is 0 Å². The van der Waals surface area contributed by atoms with Gasteiger partial charge in [0.1, 0.15) is 11.9 Å². The van der Waals surface area contributed by atoms with Crippen LogP contribution >= 0.6 is 0 Å². The number of amides is 1. The highest BCUT2D eigenvalue weighted by atomic mass is 19.1. The number of halogens is 1. The number of hydrogen-bond acceptors (Lipinski definition) is 3. The average Bonchev–Trinajstić information content (AvgIpc) is 2.26. The van der Waals surface area contributed by atoms with E-state index in [1.54, 1.807) is 6.92 Å². The smallest absolute Gasteiger partial charge is 0.242 e. The first kappa shape index (κ1) is 10.7. The number of piperazine rings is 1. The number of nitrogen functional groups attached to an aromatic ring is 1. The first-order valence-electron chi connectivity index (χ1n) is 5.19. The monoisotopic (exact) mass is 223 g/mol. The van der Waals surface area contributed by atoms with Crippen LogP contribution in [0.4, 0.5) is 15.8 Å². The lowest BCUT2D eigenvalue weighted by Gasteiger charge is -2.35. The molecule has 1 heterocycles. The second-order valence-electron chi connectivity index (χ2n) is 3.86. The number of nitrogens with two attached hydrogens (primary N) is 1. The normalized spacial score (nSPS) is 20.8. The fourth-order valence-corrected chi connectivity index (χ4v) is 1.88. The van der Waals surface area contributed by atoms with Gasteiger partial charge in [-0.05, 0) is 25.1 Å². The van der Waals surface area contributed by atoms with E-state index >= 15 is 0 Å². The molecule has 0 saturated carbocycles. The molecule has 1 fully saturated rings. The molecule has 1 saturated heterocycles. The van der Waals surface area contributed by atoms with E-state index < -0.39 is 0 Å². The van der Waals surface area contributed by atoms with E-state index in [0.29, 0.717) is 24.5 Å². The topological polar surface area (TPSA) is 58.4 Å². The van der Waals surface area contributed by atoms with Crippen molar-refractivity contribution in [2.24, 2.45) is 0 Å². The van der Waals surface area contributed by atoms with Crippen molar-refractivity contribution in [3.05, 3.63) is 24.0 Å². The molecular formula is C11H14FN3O. The predicted octanol–water partition coefficient (Wildman–Crippen LogP) is 0.733. The number of carbonyl (C=O) groups excluding carboxylic acids is 1. The molecule has 4 nitrogen and oxygen atoms in total. The number of nitrogens with one attached hydrogen (secondary N) is 1. The van der Waals surface area contributed by atoms with Gasteiger partial charge < -0.3 is 16.0 Å². The molecule has 16 heavy (non-hydrogen) atoms. The van der Waals surface area contributed by atoms with Gasteiger partial charge in [-0.3, -0.25) is 4.79 Å². The number of rotatable bonds is 1. The minimum atomic E-state index is -0.345. The highest BCUT2D eigenvalue weighted by molar-refractivity contribution is 5.87. The number of nitrogens with zero attached hydrogens (tertiary/aromatic N) is 1. The standard InChI is InChI=1S/C11H14FN3O/c1-7-11(16)14-4-5-15(7)10-6-8(12)2-3-9(10)13/h2-3,6-7H,4-5,13H2,1H3,(H,14,16). The van der Waals surface area contributed by atoms with Gasteiger partial charge in [0, 0.05) is 13.1 Å².